The molecule has 7 nitrogen and oxygen atoms in total. The molecular weight excluding hydrogens is 380 g/mol. The first-order valence-corrected chi connectivity index (χ1v) is 10.2. The predicted molar refractivity (Wildman–Crippen MR) is 94.2 cm³/mol. The van der Waals surface area contributed by atoms with E-state index in [4.69, 9.17) is 0 Å². The number of benzene rings is 1. The van der Waals surface area contributed by atoms with Crippen LogP contribution in [0.2, 0.25) is 0 Å². The van der Waals surface area contributed by atoms with Gasteiger partial charge in [-0.2, -0.15) is 4.31 Å². The van der Waals surface area contributed by atoms with Crippen LogP contribution in [-0.4, -0.2) is 62.2 Å². The Hall–Kier alpha value is -2.07. The lowest BCUT2D eigenvalue weighted by Crippen LogP contribution is -2.50. The third-order valence-electron chi connectivity index (χ3n) is 4.24. The monoisotopic (exact) mass is 403 g/mol. The lowest BCUT2D eigenvalue weighted by atomic mass is 10.2. The van der Waals surface area contributed by atoms with E-state index in [1.54, 1.807) is 0 Å². The standard InChI is InChI=1S/C17H23F2N3O4S/c1-2-7-20-16(23)5-6-17(24)21-8-10-22(11-9-21)27(25,26)15-4-3-13(18)12-14(15)19/h3-4,12H,2,5-11H2,1H3,(H,20,23). The molecule has 1 aliphatic heterocycles. The van der Waals surface area contributed by atoms with Crippen LogP contribution in [0.3, 0.4) is 0 Å². The molecule has 0 saturated carbocycles. The molecule has 0 unspecified atom stereocenters. The summed E-state index contributed by atoms with van der Waals surface area (Å²) in [7, 11) is -4.11. The zero-order chi connectivity index (χ0) is 20.0. The van der Waals surface area contributed by atoms with E-state index in [1.807, 2.05) is 6.92 Å². The van der Waals surface area contributed by atoms with Crippen LogP contribution in [0.1, 0.15) is 26.2 Å². The first-order valence-electron chi connectivity index (χ1n) is 8.75. The molecule has 1 heterocycles. The Labute approximate surface area is 157 Å². The maximum atomic E-state index is 13.8. The summed E-state index contributed by atoms with van der Waals surface area (Å²) in [5.74, 6) is -2.43. The van der Waals surface area contributed by atoms with Gasteiger partial charge in [0, 0.05) is 51.6 Å². The van der Waals surface area contributed by atoms with Crippen molar-refractivity contribution in [3.8, 4) is 0 Å². The van der Waals surface area contributed by atoms with E-state index >= 15 is 0 Å². The SMILES string of the molecule is CCCNC(=O)CCC(=O)N1CCN(S(=O)(=O)c2ccc(F)cc2F)CC1. The largest absolute Gasteiger partial charge is 0.356 e. The van der Waals surface area contributed by atoms with Crippen molar-refractivity contribution in [2.45, 2.75) is 31.1 Å². The number of rotatable bonds is 7. The van der Waals surface area contributed by atoms with E-state index in [-0.39, 0.29) is 50.8 Å². The highest BCUT2D eigenvalue weighted by Crippen LogP contribution is 2.21. The number of sulfonamides is 1. The molecule has 1 fully saturated rings. The summed E-state index contributed by atoms with van der Waals surface area (Å²) in [4.78, 5) is 24.6. The average molecular weight is 403 g/mol. The van der Waals surface area contributed by atoms with E-state index in [0.717, 1.165) is 22.9 Å². The molecule has 1 N–H and O–H groups in total. The molecule has 0 radical (unpaired) electrons. The van der Waals surface area contributed by atoms with E-state index in [9.17, 15) is 26.8 Å². The van der Waals surface area contributed by atoms with Gasteiger partial charge in [-0.05, 0) is 18.6 Å². The highest BCUT2D eigenvalue weighted by molar-refractivity contribution is 7.89. The zero-order valence-corrected chi connectivity index (χ0v) is 15.9. The number of hydrogen-bond acceptors (Lipinski definition) is 4. The van der Waals surface area contributed by atoms with Gasteiger partial charge >= 0.3 is 0 Å². The first kappa shape index (κ1) is 21.2. The molecule has 0 aliphatic carbocycles. The van der Waals surface area contributed by atoms with Gasteiger partial charge in [0.15, 0.2) is 0 Å². The summed E-state index contributed by atoms with van der Waals surface area (Å²) < 4.78 is 52.9. The Morgan fingerprint density at radius 2 is 1.78 bits per heavy atom. The summed E-state index contributed by atoms with van der Waals surface area (Å²) in [6.07, 6.45) is 0.942. The zero-order valence-electron chi connectivity index (χ0n) is 15.1. The third kappa shape index (κ3) is 5.46. The van der Waals surface area contributed by atoms with Crippen LogP contribution < -0.4 is 5.32 Å². The number of hydrogen-bond donors (Lipinski definition) is 1. The van der Waals surface area contributed by atoms with Crippen molar-refractivity contribution in [2.24, 2.45) is 0 Å². The third-order valence-corrected chi connectivity index (χ3v) is 6.17. The molecule has 1 aromatic rings. The molecule has 2 rings (SSSR count). The van der Waals surface area contributed by atoms with Crippen molar-refractivity contribution in [1.82, 2.24) is 14.5 Å². The van der Waals surface area contributed by atoms with Crippen LogP contribution in [0, 0.1) is 11.6 Å². The molecule has 0 atom stereocenters. The Balaban J connectivity index is 1.90. The maximum Gasteiger partial charge on any atom is 0.246 e. The Morgan fingerprint density at radius 3 is 2.37 bits per heavy atom. The summed E-state index contributed by atoms with van der Waals surface area (Å²) in [6.45, 7) is 2.80. The van der Waals surface area contributed by atoms with Crippen LogP contribution >= 0.6 is 0 Å². The molecule has 0 spiro atoms. The van der Waals surface area contributed by atoms with E-state index in [2.05, 4.69) is 5.32 Å². The van der Waals surface area contributed by atoms with Crippen molar-refractivity contribution < 1.29 is 26.8 Å². The normalized spacial score (nSPS) is 15.6. The Kier molecular flexibility index (Phi) is 7.25. The van der Waals surface area contributed by atoms with Crippen molar-refractivity contribution in [3.05, 3.63) is 29.8 Å². The minimum absolute atomic E-state index is 0.00687. The number of nitrogens with zero attached hydrogens (tertiary/aromatic N) is 2. The summed E-state index contributed by atoms with van der Waals surface area (Å²) in [5.41, 5.74) is 0. The van der Waals surface area contributed by atoms with Gasteiger partial charge in [0.25, 0.3) is 0 Å². The fourth-order valence-electron chi connectivity index (χ4n) is 2.73. The van der Waals surface area contributed by atoms with Gasteiger partial charge in [-0.15, -0.1) is 0 Å². The molecule has 1 aromatic carbocycles. The fraction of sp³-hybridized carbons (Fsp3) is 0.529. The smallest absolute Gasteiger partial charge is 0.246 e. The van der Waals surface area contributed by atoms with Crippen molar-refractivity contribution >= 4 is 21.8 Å². The number of carbonyl (C=O) groups excluding carboxylic acids is 2. The second-order valence-electron chi connectivity index (χ2n) is 6.21. The molecule has 0 aromatic heterocycles. The van der Waals surface area contributed by atoms with Gasteiger partial charge in [-0.1, -0.05) is 6.92 Å². The average Bonchev–Trinajstić information content (AvgIpc) is 2.64. The Morgan fingerprint density at radius 1 is 1.11 bits per heavy atom. The van der Waals surface area contributed by atoms with Crippen molar-refractivity contribution in [1.29, 1.82) is 0 Å². The van der Waals surface area contributed by atoms with E-state index < -0.39 is 26.6 Å². The summed E-state index contributed by atoms with van der Waals surface area (Å²) in [5, 5.41) is 2.69. The number of nitrogens with one attached hydrogen (secondary N) is 1. The summed E-state index contributed by atoms with van der Waals surface area (Å²) in [6, 6.07) is 2.31. The minimum Gasteiger partial charge on any atom is -0.356 e. The lowest BCUT2D eigenvalue weighted by Gasteiger charge is -2.34. The van der Waals surface area contributed by atoms with Crippen LogP contribution in [0.5, 0.6) is 0 Å². The van der Waals surface area contributed by atoms with Crippen molar-refractivity contribution in [2.75, 3.05) is 32.7 Å². The maximum absolute atomic E-state index is 13.8. The predicted octanol–water partition coefficient (Wildman–Crippen LogP) is 1.10. The quantitative estimate of drug-likeness (QED) is 0.739. The topological polar surface area (TPSA) is 86.8 Å². The van der Waals surface area contributed by atoms with Crippen LogP contribution in [0.4, 0.5) is 8.78 Å². The Bertz CT molecular complexity index is 793. The second kappa shape index (κ2) is 9.23. The molecule has 0 bridgehead atoms. The van der Waals surface area contributed by atoms with Crippen molar-refractivity contribution in [3.63, 3.8) is 0 Å². The number of carbonyl (C=O) groups is 2. The van der Waals surface area contributed by atoms with E-state index in [0.29, 0.717) is 12.6 Å². The van der Waals surface area contributed by atoms with Crippen LogP contribution in [0.15, 0.2) is 23.1 Å². The number of amides is 2. The highest BCUT2D eigenvalue weighted by atomic mass is 32.2. The van der Waals surface area contributed by atoms with Gasteiger partial charge in [0.05, 0.1) is 0 Å². The molecular formula is C17H23F2N3O4S. The fourth-order valence-corrected chi connectivity index (χ4v) is 4.20. The van der Waals surface area contributed by atoms with Gasteiger partial charge in [-0.25, -0.2) is 17.2 Å². The van der Waals surface area contributed by atoms with Gasteiger partial charge < -0.3 is 10.2 Å². The highest BCUT2D eigenvalue weighted by Gasteiger charge is 2.32. The molecule has 1 saturated heterocycles. The van der Waals surface area contributed by atoms with E-state index in [1.165, 1.54) is 4.90 Å². The molecule has 27 heavy (non-hydrogen) atoms. The minimum atomic E-state index is -4.11. The second-order valence-corrected chi connectivity index (χ2v) is 8.12. The van der Waals surface area contributed by atoms with Crippen LogP contribution in [0.25, 0.3) is 0 Å². The molecule has 2 amide bonds. The first-order chi connectivity index (χ1) is 12.8. The summed E-state index contributed by atoms with van der Waals surface area (Å²) >= 11 is 0. The molecule has 10 heteroatoms. The van der Waals surface area contributed by atoms with Crippen LogP contribution in [-0.2, 0) is 19.6 Å². The van der Waals surface area contributed by atoms with Gasteiger partial charge in [-0.3, -0.25) is 9.59 Å². The van der Waals surface area contributed by atoms with Gasteiger partial charge in [0.2, 0.25) is 21.8 Å². The van der Waals surface area contributed by atoms with Gasteiger partial charge in [0.1, 0.15) is 16.5 Å². The number of halogens is 2. The number of piperazine rings is 1. The molecule has 1 aliphatic rings. The lowest BCUT2D eigenvalue weighted by molar-refractivity contribution is -0.134. The molecule has 150 valence electrons.